The summed E-state index contributed by atoms with van der Waals surface area (Å²) in [6.45, 7) is 3.08. The van der Waals surface area contributed by atoms with Gasteiger partial charge in [0.2, 0.25) is 0 Å². The number of fused-ring (bicyclic) bond motifs is 3. The standard InChI is InChI=1S/C34H51N3O5/c38-31(39)14-8-6-4-2-1-3-5-7-11-19-40-25-26-15-16-27-28(22-26)30-24-34(18-10-13-21-42-34)36-32-35-33(17-9-12-20-41-33)23-29(27)37(30)32/h15-16,22,29-30H,1-14,17-21,23-25H2,(H,35,36)(H,38,39)/t29-,30+,33+,34-/m1/s1. The van der Waals surface area contributed by atoms with Crippen molar-refractivity contribution in [2.75, 3.05) is 19.8 Å². The molecule has 8 nitrogen and oxygen atoms in total. The third-order valence-electron chi connectivity index (χ3n) is 10.1. The van der Waals surface area contributed by atoms with Crippen molar-refractivity contribution in [3.05, 3.63) is 34.9 Å². The zero-order chi connectivity index (χ0) is 28.8. The lowest BCUT2D eigenvalue weighted by atomic mass is 9.89. The van der Waals surface area contributed by atoms with Crippen LogP contribution >= 0.6 is 0 Å². The van der Waals surface area contributed by atoms with Crippen LogP contribution in [0.25, 0.3) is 0 Å². The van der Waals surface area contributed by atoms with Gasteiger partial charge < -0.3 is 29.5 Å². The highest BCUT2D eigenvalue weighted by Crippen LogP contribution is 2.55. The van der Waals surface area contributed by atoms with Crippen molar-refractivity contribution < 1.29 is 24.1 Å². The Morgan fingerprint density at radius 2 is 1.62 bits per heavy atom. The maximum absolute atomic E-state index is 10.6. The van der Waals surface area contributed by atoms with E-state index in [1.54, 1.807) is 0 Å². The topological polar surface area (TPSA) is 92.6 Å². The van der Waals surface area contributed by atoms with Gasteiger partial charge >= 0.3 is 5.97 Å². The molecule has 0 aliphatic carbocycles. The van der Waals surface area contributed by atoms with Crippen molar-refractivity contribution in [3.8, 4) is 0 Å². The number of carboxylic acids is 1. The molecule has 2 N–H and O–H groups in total. The highest BCUT2D eigenvalue weighted by molar-refractivity contribution is 5.85. The Morgan fingerprint density at radius 1 is 0.905 bits per heavy atom. The third-order valence-corrected chi connectivity index (χ3v) is 10.1. The van der Waals surface area contributed by atoms with Crippen molar-refractivity contribution in [1.82, 2.24) is 10.2 Å². The molecular weight excluding hydrogens is 530 g/mol. The molecule has 42 heavy (non-hydrogen) atoms. The summed E-state index contributed by atoms with van der Waals surface area (Å²) in [5.41, 5.74) is 3.38. The number of hydrogen-bond acceptors (Lipinski definition) is 7. The molecule has 2 spiro atoms. The summed E-state index contributed by atoms with van der Waals surface area (Å²) in [6, 6.07) is 7.60. The van der Waals surface area contributed by atoms with E-state index in [2.05, 4.69) is 28.4 Å². The summed E-state index contributed by atoms with van der Waals surface area (Å²) < 4.78 is 19.1. The van der Waals surface area contributed by atoms with Crippen LogP contribution in [-0.4, -0.2) is 53.2 Å². The third kappa shape index (κ3) is 6.81. The number of nitrogens with zero attached hydrogens (tertiary/aromatic N) is 2. The predicted molar refractivity (Wildman–Crippen MR) is 162 cm³/mol. The number of unbranched alkanes of at least 4 members (excludes halogenated alkanes) is 8. The smallest absolute Gasteiger partial charge is 0.303 e. The van der Waals surface area contributed by atoms with Gasteiger partial charge in [-0.2, -0.15) is 0 Å². The molecule has 3 saturated heterocycles. The molecule has 5 heterocycles. The lowest BCUT2D eigenvalue weighted by molar-refractivity contribution is -0.137. The van der Waals surface area contributed by atoms with Gasteiger partial charge in [-0.05, 0) is 68.1 Å². The van der Waals surface area contributed by atoms with E-state index < -0.39 is 11.7 Å². The van der Waals surface area contributed by atoms with Crippen LogP contribution in [0.4, 0.5) is 0 Å². The van der Waals surface area contributed by atoms with Crippen LogP contribution in [0.1, 0.15) is 144 Å². The number of guanidine groups is 1. The van der Waals surface area contributed by atoms with Crippen LogP contribution in [0.3, 0.4) is 0 Å². The Kier molecular flexibility index (Phi) is 9.71. The molecule has 4 atom stereocenters. The second-order valence-electron chi connectivity index (χ2n) is 13.3. The second-order valence-corrected chi connectivity index (χ2v) is 13.3. The largest absolute Gasteiger partial charge is 0.481 e. The summed E-state index contributed by atoms with van der Waals surface area (Å²) in [4.78, 5) is 18.4. The fourth-order valence-corrected chi connectivity index (χ4v) is 7.90. The second kappa shape index (κ2) is 13.6. The van der Waals surface area contributed by atoms with E-state index in [4.69, 9.17) is 24.3 Å². The number of carboxylic acid groups (broad SMARTS) is 1. The number of rotatable bonds is 14. The molecule has 5 aliphatic rings. The molecular formula is C34H51N3O5. The minimum atomic E-state index is -0.676. The lowest BCUT2D eigenvalue weighted by Crippen LogP contribution is -2.65. The summed E-state index contributed by atoms with van der Waals surface area (Å²) in [7, 11) is 0. The first-order valence-corrected chi connectivity index (χ1v) is 16.9. The van der Waals surface area contributed by atoms with Crippen LogP contribution in [0, 0.1) is 0 Å². The van der Waals surface area contributed by atoms with Crippen molar-refractivity contribution >= 4 is 11.9 Å². The van der Waals surface area contributed by atoms with E-state index in [-0.39, 0.29) is 11.8 Å². The SMILES string of the molecule is O=C(O)CCCCCCCCCCCOCc1ccc2c(c1)[C@@H]1C[C@]3(CCCCO3)N=C3N[C@]4(CCCCO4)C[C@H]2N31. The van der Waals surface area contributed by atoms with Gasteiger partial charge in [0.25, 0.3) is 0 Å². The lowest BCUT2D eigenvalue weighted by Gasteiger charge is -2.53. The number of nitrogens with one attached hydrogen (secondary N) is 1. The van der Waals surface area contributed by atoms with Gasteiger partial charge in [0.1, 0.15) is 5.72 Å². The van der Waals surface area contributed by atoms with Crippen molar-refractivity contribution in [1.29, 1.82) is 0 Å². The Balaban J connectivity index is 1.01. The van der Waals surface area contributed by atoms with E-state index in [0.29, 0.717) is 19.1 Å². The fraction of sp³-hybridized carbons (Fsp3) is 0.765. The van der Waals surface area contributed by atoms with Gasteiger partial charge in [0, 0.05) is 39.1 Å². The minimum Gasteiger partial charge on any atom is -0.481 e. The highest BCUT2D eigenvalue weighted by Gasteiger charge is 2.56. The average Bonchev–Trinajstić information content (AvgIpc) is 3.28. The quantitative estimate of drug-likeness (QED) is 0.226. The first kappa shape index (κ1) is 29.9. The molecule has 0 saturated carbocycles. The molecule has 3 fully saturated rings. The van der Waals surface area contributed by atoms with Crippen LogP contribution in [0.2, 0.25) is 0 Å². The summed E-state index contributed by atoms with van der Waals surface area (Å²) in [5.74, 6) is 0.309. The summed E-state index contributed by atoms with van der Waals surface area (Å²) >= 11 is 0. The number of ether oxygens (including phenoxy) is 3. The van der Waals surface area contributed by atoms with Crippen molar-refractivity contribution in [3.63, 3.8) is 0 Å². The van der Waals surface area contributed by atoms with E-state index >= 15 is 0 Å². The molecule has 0 unspecified atom stereocenters. The number of carbonyl (C=O) groups is 1. The van der Waals surface area contributed by atoms with Gasteiger partial charge in [0.05, 0.1) is 18.7 Å². The van der Waals surface area contributed by atoms with Crippen molar-refractivity contribution in [2.24, 2.45) is 4.99 Å². The highest BCUT2D eigenvalue weighted by atomic mass is 16.5. The molecule has 8 heteroatoms. The van der Waals surface area contributed by atoms with Crippen LogP contribution in [-0.2, 0) is 25.6 Å². The zero-order valence-corrected chi connectivity index (χ0v) is 25.4. The van der Waals surface area contributed by atoms with E-state index in [1.807, 2.05) is 0 Å². The monoisotopic (exact) mass is 581 g/mol. The number of aliphatic imine (C=N–C) groups is 1. The fourth-order valence-electron chi connectivity index (χ4n) is 7.90. The van der Waals surface area contributed by atoms with E-state index in [1.165, 1.54) is 61.6 Å². The molecule has 1 aromatic carbocycles. The Bertz CT molecular complexity index is 1090. The Hall–Kier alpha value is -2.16. The Labute approximate surface area is 251 Å². The normalized spacial score (nSPS) is 29.7. The first-order valence-electron chi connectivity index (χ1n) is 16.9. The first-order chi connectivity index (χ1) is 20.6. The molecule has 0 aromatic heterocycles. The van der Waals surface area contributed by atoms with Gasteiger partial charge in [-0.1, -0.05) is 63.1 Å². The van der Waals surface area contributed by atoms with E-state index in [9.17, 15) is 4.79 Å². The maximum atomic E-state index is 10.6. The Morgan fingerprint density at radius 3 is 2.33 bits per heavy atom. The number of hydrogen-bond donors (Lipinski definition) is 2. The van der Waals surface area contributed by atoms with Gasteiger partial charge in [-0.15, -0.1) is 0 Å². The molecule has 6 rings (SSSR count). The average molecular weight is 582 g/mol. The van der Waals surface area contributed by atoms with Crippen LogP contribution in [0.15, 0.2) is 23.2 Å². The molecule has 0 bridgehead atoms. The number of benzene rings is 1. The zero-order valence-electron chi connectivity index (χ0n) is 25.4. The maximum Gasteiger partial charge on any atom is 0.303 e. The van der Waals surface area contributed by atoms with Crippen LogP contribution < -0.4 is 5.32 Å². The molecule has 232 valence electrons. The molecule has 1 aromatic rings. The van der Waals surface area contributed by atoms with E-state index in [0.717, 1.165) is 90.0 Å². The summed E-state index contributed by atoms with van der Waals surface area (Å²) in [6.07, 6.45) is 19.2. The van der Waals surface area contributed by atoms with Gasteiger partial charge in [-0.3, -0.25) is 4.79 Å². The number of aliphatic carboxylic acids is 1. The molecule has 5 aliphatic heterocycles. The minimum absolute atomic E-state index is 0.279. The molecule has 0 radical (unpaired) electrons. The molecule has 0 amide bonds. The predicted octanol–water partition coefficient (Wildman–Crippen LogP) is 7.13. The van der Waals surface area contributed by atoms with Crippen LogP contribution in [0.5, 0.6) is 0 Å². The van der Waals surface area contributed by atoms with Gasteiger partial charge in [-0.25, -0.2) is 4.99 Å². The van der Waals surface area contributed by atoms with Crippen molar-refractivity contribution in [2.45, 2.75) is 146 Å². The van der Waals surface area contributed by atoms with Gasteiger partial charge in [0.15, 0.2) is 11.7 Å². The summed E-state index contributed by atoms with van der Waals surface area (Å²) in [5, 5.41) is 12.5.